The number of nitrogens with one attached hydrogen (secondary N) is 1. The van der Waals surface area contributed by atoms with Gasteiger partial charge in [0.2, 0.25) is 5.91 Å². The van der Waals surface area contributed by atoms with Crippen LogP contribution in [-0.4, -0.2) is 19.1 Å². The van der Waals surface area contributed by atoms with Crippen molar-refractivity contribution >= 4 is 12.0 Å². The van der Waals surface area contributed by atoms with E-state index in [1.807, 2.05) is 0 Å². The van der Waals surface area contributed by atoms with Crippen molar-refractivity contribution in [1.82, 2.24) is 5.32 Å². The molecule has 124 valence electrons. The van der Waals surface area contributed by atoms with Gasteiger partial charge in [-0.15, -0.1) is 0 Å². The summed E-state index contributed by atoms with van der Waals surface area (Å²) in [6.07, 6.45) is 10.7. The molecule has 0 saturated carbocycles. The molecule has 1 aromatic carbocycles. The van der Waals surface area contributed by atoms with E-state index >= 15 is 0 Å². The minimum Gasteiger partial charge on any atom is -0.434 e. The topological polar surface area (TPSA) is 38.3 Å². The first-order valence-electron chi connectivity index (χ1n) is 7.83. The maximum atomic E-state index is 12.3. The summed E-state index contributed by atoms with van der Waals surface area (Å²) in [5.74, 6) is -0.188. The molecule has 0 atom stereocenters. The molecular formula is C18H21F2NO2. The maximum Gasteiger partial charge on any atom is 0.387 e. The Labute approximate surface area is 135 Å². The number of benzene rings is 1. The second-order valence-corrected chi connectivity index (χ2v) is 5.40. The average molecular weight is 321 g/mol. The van der Waals surface area contributed by atoms with Gasteiger partial charge in [0.25, 0.3) is 0 Å². The van der Waals surface area contributed by atoms with Crippen molar-refractivity contribution < 1.29 is 18.3 Å². The monoisotopic (exact) mass is 321 g/mol. The fraction of sp³-hybridized carbons (Fsp3) is 0.389. The van der Waals surface area contributed by atoms with E-state index in [9.17, 15) is 13.6 Å². The molecule has 0 bridgehead atoms. The fourth-order valence-electron chi connectivity index (χ4n) is 2.52. The first-order valence-corrected chi connectivity index (χ1v) is 7.83. The standard InChI is InChI=1S/C18H21F2NO2/c19-18(20)23-16-9-5-4-8-15(16)10-11-17(22)21-13-12-14-6-2-1-3-7-14/h4-6,8-11,18H,1-3,7,12-13H2,(H,21,22). The van der Waals surface area contributed by atoms with Crippen molar-refractivity contribution in [3.63, 3.8) is 0 Å². The Morgan fingerprint density at radius 2 is 2.13 bits per heavy atom. The highest BCUT2D eigenvalue weighted by molar-refractivity contribution is 5.92. The number of para-hydroxylation sites is 1. The summed E-state index contributed by atoms with van der Waals surface area (Å²) in [5.41, 5.74) is 1.84. The molecule has 0 unspecified atom stereocenters. The highest BCUT2D eigenvalue weighted by atomic mass is 19.3. The van der Waals surface area contributed by atoms with Crippen LogP contribution in [0.4, 0.5) is 8.78 Å². The average Bonchev–Trinajstić information content (AvgIpc) is 2.54. The third-order valence-electron chi connectivity index (χ3n) is 3.68. The summed E-state index contributed by atoms with van der Waals surface area (Å²) in [7, 11) is 0. The number of carbonyl (C=O) groups excluding carboxylic acids is 1. The maximum absolute atomic E-state index is 12.3. The molecule has 3 nitrogen and oxygen atoms in total. The van der Waals surface area contributed by atoms with Crippen LogP contribution in [0.2, 0.25) is 0 Å². The number of rotatable bonds is 7. The lowest BCUT2D eigenvalue weighted by atomic mass is 9.97. The van der Waals surface area contributed by atoms with Gasteiger partial charge in [-0.3, -0.25) is 4.79 Å². The van der Waals surface area contributed by atoms with Crippen LogP contribution >= 0.6 is 0 Å². The molecule has 0 aliphatic heterocycles. The van der Waals surface area contributed by atoms with Crippen LogP contribution in [0.1, 0.15) is 37.7 Å². The van der Waals surface area contributed by atoms with Crippen LogP contribution in [0.5, 0.6) is 5.75 Å². The summed E-state index contributed by atoms with van der Waals surface area (Å²) >= 11 is 0. The number of alkyl halides is 2. The van der Waals surface area contributed by atoms with Gasteiger partial charge >= 0.3 is 6.61 Å². The van der Waals surface area contributed by atoms with Crippen LogP contribution in [0.25, 0.3) is 6.08 Å². The zero-order chi connectivity index (χ0) is 16.5. The predicted octanol–water partition coefficient (Wildman–Crippen LogP) is 4.31. The third kappa shape index (κ3) is 6.22. The Balaban J connectivity index is 1.82. The Kier molecular flexibility index (Phi) is 6.78. The molecule has 0 heterocycles. The van der Waals surface area contributed by atoms with Crippen molar-refractivity contribution in [3.05, 3.63) is 47.6 Å². The second-order valence-electron chi connectivity index (χ2n) is 5.40. The van der Waals surface area contributed by atoms with Crippen molar-refractivity contribution in [1.29, 1.82) is 0 Å². The van der Waals surface area contributed by atoms with Crippen molar-refractivity contribution in [2.75, 3.05) is 6.54 Å². The predicted molar refractivity (Wildman–Crippen MR) is 86.3 cm³/mol. The minimum absolute atomic E-state index is 0.0545. The lowest BCUT2D eigenvalue weighted by Gasteiger charge is -2.12. The number of ether oxygens (including phenoxy) is 1. The number of hydrogen-bond donors (Lipinski definition) is 1. The third-order valence-corrected chi connectivity index (χ3v) is 3.68. The first-order chi connectivity index (χ1) is 11.1. The fourth-order valence-corrected chi connectivity index (χ4v) is 2.52. The quantitative estimate of drug-likeness (QED) is 0.600. The second kappa shape index (κ2) is 9.08. The molecular weight excluding hydrogens is 300 g/mol. The molecule has 1 aliphatic rings. The zero-order valence-corrected chi connectivity index (χ0v) is 12.9. The highest BCUT2D eigenvalue weighted by Gasteiger charge is 2.07. The summed E-state index contributed by atoms with van der Waals surface area (Å²) in [4.78, 5) is 11.8. The molecule has 0 spiro atoms. The van der Waals surface area contributed by atoms with Crippen molar-refractivity contribution in [3.8, 4) is 5.75 Å². The van der Waals surface area contributed by atoms with E-state index in [0.29, 0.717) is 12.1 Å². The molecule has 2 rings (SSSR count). The summed E-state index contributed by atoms with van der Waals surface area (Å²) in [6.45, 7) is -2.30. The largest absolute Gasteiger partial charge is 0.434 e. The number of allylic oxidation sites excluding steroid dienone is 1. The molecule has 5 heteroatoms. The van der Waals surface area contributed by atoms with Crippen molar-refractivity contribution in [2.24, 2.45) is 0 Å². The van der Waals surface area contributed by atoms with Crippen LogP contribution in [0, 0.1) is 0 Å². The summed E-state index contributed by atoms with van der Waals surface area (Å²) < 4.78 is 29.0. The van der Waals surface area contributed by atoms with E-state index < -0.39 is 6.61 Å². The molecule has 0 fully saturated rings. The van der Waals surface area contributed by atoms with Crippen molar-refractivity contribution in [2.45, 2.75) is 38.7 Å². The smallest absolute Gasteiger partial charge is 0.387 e. The number of amides is 1. The van der Waals surface area contributed by atoms with Gasteiger partial charge < -0.3 is 10.1 Å². The van der Waals surface area contributed by atoms with Gasteiger partial charge in [-0.2, -0.15) is 8.78 Å². The van der Waals surface area contributed by atoms with Gasteiger partial charge in [-0.25, -0.2) is 0 Å². The van der Waals surface area contributed by atoms with E-state index in [4.69, 9.17) is 0 Å². The minimum atomic E-state index is -2.89. The van der Waals surface area contributed by atoms with E-state index in [0.717, 1.165) is 19.3 Å². The molecule has 0 saturated heterocycles. The summed E-state index contributed by atoms with van der Waals surface area (Å²) in [6, 6.07) is 6.37. The van der Waals surface area contributed by atoms with Crippen LogP contribution in [0.3, 0.4) is 0 Å². The highest BCUT2D eigenvalue weighted by Crippen LogP contribution is 2.21. The lowest BCUT2D eigenvalue weighted by molar-refractivity contribution is -0.116. The van der Waals surface area contributed by atoms with Gasteiger partial charge in [0.15, 0.2) is 0 Å². The van der Waals surface area contributed by atoms with E-state index in [-0.39, 0.29) is 11.7 Å². The van der Waals surface area contributed by atoms with E-state index in [2.05, 4.69) is 16.1 Å². The molecule has 1 N–H and O–H groups in total. The Morgan fingerprint density at radius 1 is 1.30 bits per heavy atom. The van der Waals surface area contributed by atoms with Crippen LogP contribution < -0.4 is 10.1 Å². The Morgan fingerprint density at radius 3 is 2.87 bits per heavy atom. The van der Waals surface area contributed by atoms with Gasteiger partial charge in [-0.1, -0.05) is 29.8 Å². The molecule has 1 amide bonds. The van der Waals surface area contributed by atoms with Crippen LogP contribution in [0.15, 0.2) is 42.0 Å². The normalized spacial score (nSPS) is 14.8. The lowest BCUT2D eigenvalue weighted by Crippen LogP contribution is -2.22. The molecule has 1 aromatic rings. The van der Waals surface area contributed by atoms with Gasteiger partial charge in [0.05, 0.1) is 0 Å². The molecule has 0 aromatic heterocycles. The number of carbonyl (C=O) groups is 1. The number of hydrogen-bond acceptors (Lipinski definition) is 2. The zero-order valence-electron chi connectivity index (χ0n) is 12.9. The summed E-state index contributed by atoms with van der Waals surface area (Å²) in [5, 5.41) is 2.80. The van der Waals surface area contributed by atoms with Crippen LogP contribution in [-0.2, 0) is 4.79 Å². The SMILES string of the molecule is O=C(C=Cc1ccccc1OC(F)F)NCCC1=CCCCC1. The van der Waals surface area contributed by atoms with Gasteiger partial charge in [-0.05, 0) is 44.2 Å². The van der Waals surface area contributed by atoms with Gasteiger partial charge in [0, 0.05) is 18.2 Å². The Hall–Kier alpha value is -2.17. The van der Waals surface area contributed by atoms with Gasteiger partial charge in [0.1, 0.15) is 5.75 Å². The Bertz CT molecular complexity index is 582. The molecule has 23 heavy (non-hydrogen) atoms. The first kappa shape index (κ1) is 17.2. The number of halogens is 2. The molecule has 1 aliphatic carbocycles. The molecule has 0 radical (unpaired) electrons. The van der Waals surface area contributed by atoms with E-state index in [1.54, 1.807) is 18.2 Å². The van der Waals surface area contributed by atoms with E-state index in [1.165, 1.54) is 36.6 Å².